The number of rotatable bonds is 7. The summed E-state index contributed by atoms with van der Waals surface area (Å²) in [7, 11) is 0. The fourth-order valence-corrected chi connectivity index (χ4v) is 3.59. The number of halogens is 1. The van der Waals surface area contributed by atoms with Crippen molar-refractivity contribution in [1.29, 1.82) is 0 Å². The Kier molecular flexibility index (Phi) is 6.76. The quantitative estimate of drug-likeness (QED) is 0.632. The van der Waals surface area contributed by atoms with Crippen molar-refractivity contribution < 1.29 is 23.9 Å². The molecule has 0 unspecified atom stereocenters. The van der Waals surface area contributed by atoms with Crippen LogP contribution in [0.1, 0.15) is 5.56 Å². The summed E-state index contributed by atoms with van der Waals surface area (Å²) in [6.07, 6.45) is 1.47. The number of hydrogen-bond acceptors (Lipinski definition) is 6. The van der Waals surface area contributed by atoms with E-state index in [9.17, 15) is 19.2 Å². The molecule has 8 nitrogen and oxygen atoms in total. The maximum absolute atomic E-state index is 12.6. The van der Waals surface area contributed by atoms with Crippen LogP contribution < -0.4 is 15.8 Å². The van der Waals surface area contributed by atoms with Crippen molar-refractivity contribution in [3.05, 3.63) is 64.0 Å². The van der Waals surface area contributed by atoms with Gasteiger partial charge in [0.15, 0.2) is 6.61 Å². The number of carbonyl (C=O) groups excluding carboxylic acids is 4. The summed E-state index contributed by atoms with van der Waals surface area (Å²) < 4.78 is 5.33. The number of primary amides is 1. The number of carbonyl (C=O) groups is 4. The van der Waals surface area contributed by atoms with Crippen LogP contribution in [0.4, 0.5) is 10.5 Å². The number of amides is 4. The molecule has 0 atom stereocenters. The minimum atomic E-state index is -0.643. The first kappa shape index (κ1) is 21.4. The zero-order valence-electron chi connectivity index (χ0n) is 15.5. The van der Waals surface area contributed by atoms with Crippen LogP contribution in [0.5, 0.6) is 5.75 Å². The van der Waals surface area contributed by atoms with Crippen molar-refractivity contribution >= 4 is 58.1 Å². The number of ether oxygens (including phenoxy) is 1. The zero-order valence-corrected chi connectivity index (χ0v) is 17.0. The molecule has 0 aromatic heterocycles. The van der Waals surface area contributed by atoms with E-state index >= 15 is 0 Å². The molecule has 1 aliphatic heterocycles. The molecule has 4 amide bonds. The van der Waals surface area contributed by atoms with Crippen LogP contribution >= 0.6 is 23.4 Å². The van der Waals surface area contributed by atoms with E-state index in [1.54, 1.807) is 48.5 Å². The van der Waals surface area contributed by atoms with Crippen LogP contribution in [-0.2, 0) is 14.4 Å². The summed E-state index contributed by atoms with van der Waals surface area (Å²) in [5, 5.41) is 2.47. The fraction of sp³-hybridized carbons (Fsp3) is 0.100. The molecule has 154 valence electrons. The Morgan fingerprint density at radius 2 is 1.93 bits per heavy atom. The Hall–Kier alpha value is -3.30. The van der Waals surface area contributed by atoms with Gasteiger partial charge >= 0.3 is 0 Å². The highest BCUT2D eigenvalue weighted by Crippen LogP contribution is 2.33. The average Bonchev–Trinajstić information content (AvgIpc) is 2.94. The molecule has 0 radical (unpaired) electrons. The van der Waals surface area contributed by atoms with Gasteiger partial charge in [-0.25, -0.2) is 0 Å². The van der Waals surface area contributed by atoms with Gasteiger partial charge in [0.1, 0.15) is 12.3 Å². The average molecular weight is 446 g/mol. The molecule has 3 N–H and O–H groups in total. The summed E-state index contributed by atoms with van der Waals surface area (Å²) in [5.41, 5.74) is 6.04. The van der Waals surface area contributed by atoms with Gasteiger partial charge in [0, 0.05) is 16.3 Å². The van der Waals surface area contributed by atoms with Crippen LogP contribution in [0, 0.1) is 0 Å². The van der Waals surface area contributed by atoms with Crippen molar-refractivity contribution in [2.75, 3.05) is 18.5 Å². The number of nitrogens with zero attached hydrogens (tertiary/aromatic N) is 1. The Morgan fingerprint density at radius 3 is 2.67 bits per heavy atom. The highest BCUT2D eigenvalue weighted by molar-refractivity contribution is 8.18. The van der Waals surface area contributed by atoms with Crippen molar-refractivity contribution in [1.82, 2.24) is 4.90 Å². The highest BCUT2D eigenvalue weighted by atomic mass is 35.5. The summed E-state index contributed by atoms with van der Waals surface area (Å²) in [6.45, 7) is -0.760. The molecule has 3 rings (SSSR count). The summed E-state index contributed by atoms with van der Waals surface area (Å²) in [5.74, 6) is -1.44. The zero-order chi connectivity index (χ0) is 21.7. The first-order chi connectivity index (χ1) is 14.3. The second-order valence-electron chi connectivity index (χ2n) is 6.12. The molecule has 0 aliphatic carbocycles. The molecular formula is C20H16ClN3O5S. The standard InChI is InChI=1S/C20H16ClN3O5S/c21-13-5-3-6-14(9-13)23-18(26)10-24-19(27)16(30-20(24)28)8-12-4-1-2-7-15(12)29-11-17(22)25/h1-9H,10-11H2,(H2,22,25)(H,23,26)/b16-8+. The van der Waals surface area contributed by atoms with E-state index in [1.165, 1.54) is 6.08 Å². The Morgan fingerprint density at radius 1 is 1.17 bits per heavy atom. The second-order valence-corrected chi connectivity index (χ2v) is 7.55. The van der Waals surface area contributed by atoms with Gasteiger partial charge in [-0.1, -0.05) is 35.9 Å². The van der Waals surface area contributed by atoms with Crippen LogP contribution in [0.25, 0.3) is 6.08 Å². The van der Waals surface area contributed by atoms with Gasteiger partial charge in [-0.2, -0.15) is 0 Å². The molecule has 0 bridgehead atoms. The normalized spacial score (nSPS) is 14.8. The Labute approximate surface area is 181 Å². The SMILES string of the molecule is NC(=O)COc1ccccc1/C=C1/SC(=O)N(CC(=O)Nc2cccc(Cl)c2)C1=O. The maximum Gasteiger partial charge on any atom is 0.294 e. The Bertz CT molecular complexity index is 1060. The minimum absolute atomic E-state index is 0.130. The smallest absolute Gasteiger partial charge is 0.294 e. The predicted octanol–water partition coefficient (Wildman–Crippen LogP) is 2.88. The topological polar surface area (TPSA) is 119 Å². The monoisotopic (exact) mass is 445 g/mol. The summed E-state index contributed by atoms with van der Waals surface area (Å²) >= 11 is 6.59. The molecule has 2 aromatic carbocycles. The number of nitrogens with two attached hydrogens (primary N) is 1. The third-order valence-electron chi connectivity index (χ3n) is 3.86. The van der Waals surface area contributed by atoms with Gasteiger partial charge in [0.05, 0.1) is 4.91 Å². The number of anilines is 1. The van der Waals surface area contributed by atoms with Gasteiger partial charge in [0.2, 0.25) is 5.91 Å². The van der Waals surface area contributed by atoms with Crippen molar-refractivity contribution in [3.63, 3.8) is 0 Å². The summed E-state index contributed by atoms with van der Waals surface area (Å²) in [4.78, 5) is 49.1. The number of para-hydroxylation sites is 1. The van der Waals surface area contributed by atoms with Gasteiger partial charge in [-0.3, -0.25) is 24.1 Å². The molecule has 2 aromatic rings. The predicted molar refractivity (Wildman–Crippen MR) is 114 cm³/mol. The van der Waals surface area contributed by atoms with E-state index in [0.29, 0.717) is 33.8 Å². The van der Waals surface area contributed by atoms with E-state index in [1.807, 2.05) is 0 Å². The maximum atomic E-state index is 12.6. The molecule has 0 saturated carbocycles. The van der Waals surface area contributed by atoms with E-state index in [2.05, 4.69) is 5.32 Å². The number of nitrogens with one attached hydrogen (secondary N) is 1. The fourth-order valence-electron chi connectivity index (χ4n) is 2.57. The second kappa shape index (κ2) is 9.47. The molecule has 30 heavy (non-hydrogen) atoms. The molecule has 10 heteroatoms. The van der Waals surface area contributed by atoms with Gasteiger partial charge in [-0.15, -0.1) is 0 Å². The Balaban J connectivity index is 1.72. The first-order valence-electron chi connectivity index (χ1n) is 8.64. The molecule has 1 saturated heterocycles. The molecule has 1 fully saturated rings. The minimum Gasteiger partial charge on any atom is -0.483 e. The molecule has 1 heterocycles. The number of imide groups is 1. The summed E-state index contributed by atoms with van der Waals surface area (Å²) in [6, 6.07) is 13.2. The van der Waals surface area contributed by atoms with Crippen LogP contribution in [0.2, 0.25) is 5.02 Å². The lowest BCUT2D eigenvalue weighted by atomic mass is 10.2. The third kappa shape index (κ3) is 5.40. The lowest BCUT2D eigenvalue weighted by Gasteiger charge is -2.12. The van der Waals surface area contributed by atoms with Crippen molar-refractivity contribution in [2.24, 2.45) is 5.73 Å². The van der Waals surface area contributed by atoms with Gasteiger partial charge in [-0.05, 0) is 42.1 Å². The van der Waals surface area contributed by atoms with Crippen LogP contribution in [-0.4, -0.2) is 41.0 Å². The largest absolute Gasteiger partial charge is 0.483 e. The van der Waals surface area contributed by atoms with E-state index < -0.39 is 29.5 Å². The molecule has 1 aliphatic rings. The number of benzene rings is 2. The highest BCUT2D eigenvalue weighted by Gasteiger charge is 2.36. The van der Waals surface area contributed by atoms with Crippen LogP contribution in [0.3, 0.4) is 0 Å². The van der Waals surface area contributed by atoms with Gasteiger partial charge in [0.25, 0.3) is 17.1 Å². The number of thioether (sulfide) groups is 1. The first-order valence-corrected chi connectivity index (χ1v) is 9.84. The molecular weight excluding hydrogens is 430 g/mol. The number of hydrogen-bond donors (Lipinski definition) is 2. The van der Waals surface area contributed by atoms with Gasteiger partial charge < -0.3 is 15.8 Å². The van der Waals surface area contributed by atoms with Crippen LogP contribution in [0.15, 0.2) is 53.4 Å². The van der Waals surface area contributed by atoms with E-state index in [4.69, 9.17) is 22.1 Å². The van der Waals surface area contributed by atoms with Crippen molar-refractivity contribution in [2.45, 2.75) is 0 Å². The van der Waals surface area contributed by atoms with Crippen molar-refractivity contribution in [3.8, 4) is 5.75 Å². The lowest BCUT2D eigenvalue weighted by molar-refractivity contribution is -0.127. The van der Waals surface area contributed by atoms with E-state index in [-0.39, 0.29) is 11.5 Å². The third-order valence-corrected chi connectivity index (χ3v) is 5.00. The lowest BCUT2D eigenvalue weighted by Crippen LogP contribution is -2.36. The van der Waals surface area contributed by atoms with E-state index in [0.717, 1.165) is 4.90 Å². The molecule has 0 spiro atoms.